The van der Waals surface area contributed by atoms with Gasteiger partial charge in [0.05, 0.1) is 52.5 Å². The maximum absolute atomic E-state index is 11.1. The highest BCUT2D eigenvalue weighted by atomic mass is 16.5. The van der Waals surface area contributed by atoms with E-state index in [2.05, 4.69) is 23.6 Å². The number of ether oxygens (including phenoxy) is 3. The molecule has 0 atom stereocenters. The van der Waals surface area contributed by atoms with Crippen LogP contribution in [0.2, 0.25) is 0 Å². The molecule has 0 aliphatic rings. The predicted molar refractivity (Wildman–Crippen MR) is 194 cm³/mol. The molecule has 0 bridgehead atoms. The molecule has 0 aromatic heterocycles. The lowest BCUT2D eigenvalue weighted by molar-refractivity contribution is -0.138. The molecule has 280 valence electrons. The number of hydrogen-bond acceptors (Lipinski definition) is 7. The van der Waals surface area contributed by atoms with Gasteiger partial charge in [-0.05, 0) is 25.9 Å². The van der Waals surface area contributed by atoms with Crippen LogP contribution < -0.4 is 0 Å². The van der Waals surface area contributed by atoms with Crippen molar-refractivity contribution in [2.45, 2.75) is 155 Å². The van der Waals surface area contributed by atoms with Gasteiger partial charge in [0.25, 0.3) is 0 Å². The van der Waals surface area contributed by atoms with Crippen molar-refractivity contribution in [3.8, 4) is 0 Å². The fourth-order valence-corrected chi connectivity index (χ4v) is 5.75. The molecule has 0 fully saturated rings. The van der Waals surface area contributed by atoms with E-state index in [9.17, 15) is 9.59 Å². The summed E-state index contributed by atoms with van der Waals surface area (Å²) in [6.07, 6.45) is 26.2. The molecule has 47 heavy (non-hydrogen) atoms. The molecular formula is C38H76N2O7. The second-order valence-electron chi connectivity index (χ2n) is 13.2. The van der Waals surface area contributed by atoms with Gasteiger partial charge in [0, 0.05) is 26.2 Å². The van der Waals surface area contributed by atoms with Gasteiger partial charge in [-0.15, -0.1) is 0 Å². The molecule has 0 spiro atoms. The van der Waals surface area contributed by atoms with E-state index in [-0.39, 0.29) is 12.8 Å². The first-order valence-corrected chi connectivity index (χ1v) is 19.6. The minimum Gasteiger partial charge on any atom is -0.481 e. The van der Waals surface area contributed by atoms with Crippen molar-refractivity contribution in [1.82, 2.24) is 9.80 Å². The van der Waals surface area contributed by atoms with Gasteiger partial charge in [0.2, 0.25) is 0 Å². The summed E-state index contributed by atoms with van der Waals surface area (Å²) in [6, 6.07) is 0. The third kappa shape index (κ3) is 37.4. The Labute approximate surface area is 289 Å². The highest BCUT2D eigenvalue weighted by molar-refractivity contribution is 5.67. The van der Waals surface area contributed by atoms with E-state index < -0.39 is 11.9 Å². The van der Waals surface area contributed by atoms with Crippen LogP contribution in [-0.2, 0) is 23.8 Å². The fourth-order valence-electron chi connectivity index (χ4n) is 5.75. The van der Waals surface area contributed by atoms with E-state index in [1.165, 1.54) is 116 Å². The summed E-state index contributed by atoms with van der Waals surface area (Å²) in [5, 5.41) is 18.2. The summed E-state index contributed by atoms with van der Waals surface area (Å²) in [5.41, 5.74) is 0. The minimum atomic E-state index is -0.753. The second kappa shape index (κ2) is 37.6. The first kappa shape index (κ1) is 45.7. The van der Waals surface area contributed by atoms with Gasteiger partial charge >= 0.3 is 11.9 Å². The Balaban J connectivity index is 3.86. The molecule has 0 aliphatic carbocycles. The Morgan fingerprint density at radius 1 is 0.383 bits per heavy atom. The molecule has 0 saturated heterocycles. The zero-order valence-electron chi connectivity index (χ0n) is 30.9. The molecule has 0 radical (unpaired) electrons. The summed E-state index contributed by atoms with van der Waals surface area (Å²) in [4.78, 5) is 26.6. The van der Waals surface area contributed by atoms with Crippen LogP contribution >= 0.6 is 0 Å². The van der Waals surface area contributed by atoms with Gasteiger partial charge < -0.3 is 34.2 Å². The summed E-state index contributed by atoms with van der Waals surface area (Å²) >= 11 is 0. The van der Waals surface area contributed by atoms with Crippen molar-refractivity contribution in [2.24, 2.45) is 0 Å². The van der Waals surface area contributed by atoms with Crippen molar-refractivity contribution in [3.05, 3.63) is 0 Å². The zero-order chi connectivity index (χ0) is 34.5. The number of carboxylic acids is 2. The topological polar surface area (TPSA) is 109 Å². The molecule has 0 amide bonds. The van der Waals surface area contributed by atoms with Crippen molar-refractivity contribution < 1.29 is 34.0 Å². The van der Waals surface area contributed by atoms with Crippen LogP contribution in [0.3, 0.4) is 0 Å². The van der Waals surface area contributed by atoms with E-state index >= 15 is 0 Å². The summed E-state index contributed by atoms with van der Waals surface area (Å²) in [5.74, 6) is -1.51. The number of hydrogen-bond donors (Lipinski definition) is 2. The molecule has 0 aliphatic heterocycles. The number of rotatable bonds is 40. The lowest BCUT2D eigenvalue weighted by Crippen LogP contribution is -2.31. The maximum atomic E-state index is 11.1. The normalized spacial score (nSPS) is 11.7. The Hall–Kier alpha value is -1.26. The van der Waals surface area contributed by atoms with Crippen molar-refractivity contribution in [2.75, 3.05) is 78.9 Å². The summed E-state index contributed by atoms with van der Waals surface area (Å²) in [7, 11) is 0. The first-order valence-electron chi connectivity index (χ1n) is 19.6. The van der Waals surface area contributed by atoms with Crippen molar-refractivity contribution >= 4 is 11.9 Å². The van der Waals surface area contributed by atoms with Gasteiger partial charge in [-0.25, -0.2) is 0 Å². The van der Waals surface area contributed by atoms with Crippen LogP contribution in [0.4, 0.5) is 0 Å². The highest BCUT2D eigenvalue weighted by Gasteiger charge is 2.09. The van der Waals surface area contributed by atoms with Crippen LogP contribution in [0.15, 0.2) is 0 Å². The molecule has 0 aromatic carbocycles. The van der Waals surface area contributed by atoms with Crippen LogP contribution in [0.5, 0.6) is 0 Å². The van der Waals surface area contributed by atoms with Gasteiger partial charge in [-0.2, -0.15) is 0 Å². The molecule has 0 heterocycles. The minimum absolute atomic E-state index is 0.164. The fraction of sp³-hybridized carbons (Fsp3) is 0.947. The van der Waals surface area contributed by atoms with E-state index in [1.807, 2.05) is 0 Å². The number of unbranched alkanes of at least 4 members (excludes halogenated alkanes) is 18. The number of nitrogens with zero attached hydrogens (tertiary/aromatic N) is 2. The van der Waals surface area contributed by atoms with Crippen molar-refractivity contribution in [3.63, 3.8) is 0 Å². The Morgan fingerprint density at radius 2 is 0.660 bits per heavy atom. The van der Waals surface area contributed by atoms with E-state index in [1.54, 1.807) is 0 Å². The summed E-state index contributed by atoms with van der Waals surface area (Å²) in [6.45, 7) is 12.1. The van der Waals surface area contributed by atoms with E-state index in [0.29, 0.717) is 52.7 Å². The van der Waals surface area contributed by atoms with Crippen LogP contribution in [0.25, 0.3) is 0 Å². The smallest absolute Gasteiger partial charge is 0.304 e. The monoisotopic (exact) mass is 673 g/mol. The van der Waals surface area contributed by atoms with Gasteiger partial charge in [0.1, 0.15) is 0 Å². The SMILES string of the molecule is CCCCCCCCCCCCN(CCOCCOCCOCCN(CCCCCCCCCCCC)CCC(=O)O)CCC(=O)O. The number of carbonyl (C=O) groups is 2. The van der Waals surface area contributed by atoms with Gasteiger partial charge in [-0.1, -0.05) is 129 Å². The molecule has 0 unspecified atom stereocenters. The molecule has 0 saturated carbocycles. The maximum Gasteiger partial charge on any atom is 0.304 e. The number of aliphatic carboxylic acids is 2. The standard InChI is InChI=1S/C38H76N2O7/c1-3-5-7-9-11-13-15-17-19-21-25-39(27-23-37(41)42)29-31-45-33-35-47-36-34-46-32-30-40(28-24-38(43)44)26-22-20-18-16-14-12-10-8-6-4-2/h3-36H2,1-2H3,(H,41,42)(H,43,44). The predicted octanol–water partition coefficient (Wildman–Crippen LogP) is 8.43. The van der Waals surface area contributed by atoms with E-state index in [0.717, 1.165) is 39.0 Å². The average molecular weight is 673 g/mol. The van der Waals surface area contributed by atoms with Gasteiger partial charge in [-0.3, -0.25) is 9.59 Å². The molecule has 9 nitrogen and oxygen atoms in total. The first-order chi connectivity index (χ1) is 23.0. The zero-order valence-corrected chi connectivity index (χ0v) is 30.9. The lowest BCUT2D eigenvalue weighted by atomic mass is 10.1. The molecule has 2 N–H and O–H groups in total. The molecule has 9 heteroatoms. The third-order valence-electron chi connectivity index (χ3n) is 8.79. The Morgan fingerprint density at radius 3 is 0.957 bits per heavy atom. The molecule has 0 aromatic rings. The summed E-state index contributed by atoms with van der Waals surface area (Å²) < 4.78 is 17.2. The molecular weight excluding hydrogens is 596 g/mol. The van der Waals surface area contributed by atoms with Crippen LogP contribution in [0.1, 0.15) is 155 Å². The third-order valence-corrected chi connectivity index (χ3v) is 8.79. The second-order valence-corrected chi connectivity index (χ2v) is 13.2. The Bertz CT molecular complexity index is 614. The van der Waals surface area contributed by atoms with Crippen LogP contribution in [0, 0.1) is 0 Å². The Kier molecular flexibility index (Phi) is 36.5. The number of carboxylic acid groups (broad SMARTS) is 2. The highest BCUT2D eigenvalue weighted by Crippen LogP contribution is 2.12. The average Bonchev–Trinajstić information content (AvgIpc) is 3.05. The largest absolute Gasteiger partial charge is 0.481 e. The van der Waals surface area contributed by atoms with E-state index in [4.69, 9.17) is 24.4 Å². The molecule has 0 rings (SSSR count). The van der Waals surface area contributed by atoms with Gasteiger partial charge in [0.15, 0.2) is 0 Å². The lowest BCUT2D eigenvalue weighted by Gasteiger charge is -2.21. The quantitative estimate of drug-likeness (QED) is 0.0620. The van der Waals surface area contributed by atoms with Crippen LogP contribution in [-0.4, -0.2) is 111 Å². The van der Waals surface area contributed by atoms with Crippen molar-refractivity contribution in [1.29, 1.82) is 0 Å².